The highest BCUT2D eigenvalue weighted by atomic mass is 35.5. The molecule has 0 saturated heterocycles. The van der Waals surface area contributed by atoms with E-state index in [-0.39, 0.29) is 18.8 Å². The Bertz CT molecular complexity index is 472. The minimum atomic E-state index is -4.16. The summed E-state index contributed by atoms with van der Waals surface area (Å²) in [6.07, 6.45) is 0.180. The van der Waals surface area contributed by atoms with E-state index in [1.54, 1.807) is 24.3 Å². The topological polar surface area (TPSA) is 121 Å². The molecule has 1 aromatic carbocycles. The minimum absolute atomic E-state index is 0. The quantitative estimate of drug-likeness (QED) is 0.608. The second-order valence-electron chi connectivity index (χ2n) is 4.16. The number of carboxylic acids is 1. The molecule has 0 amide bonds. The van der Waals surface area contributed by atoms with Gasteiger partial charge in [-0.25, -0.2) is 0 Å². The van der Waals surface area contributed by atoms with Gasteiger partial charge in [-0.05, 0) is 24.5 Å². The largest absolute Gasteiger partial charge is 0.480 e. The summed E-state index contributed by atoms with van der Waals surface area (Å²) in [5, 5.41) is 8.66. The summed E-state index contributed by atoms with van der Waals surface area (Å²) in [4.78, 5) is 28.7. The van der Waals surface area contributed by atoms with Gasteiger partial charge in [-0.15, -0.1) is 12.4 Å². The molecule has 0 radical (unpaired) electrons. The highest BCUT2D eigenvalue weighted by Gasteiger charge is 2.25. The number of benzene rings is 1. The number of halogens is 1. The molecule has 2 atom stereocenters. The van der Waals surface area contributed by atoms with E-state index in [1.165, 1.54) is 6.92 Å². The van der Waals surface area contributed by atoms with Gasteiger partial charge in [0, 0.05) is 0 Å². The van der Waals surface area contributed by atoms with E-state index in [9.17, 15) is 9.36 Å². The zero-order valence-electron chi connectivity index (χ0n) is 10.3. The van der Waals surface area contributed by atoms with Crippen LogP contribution in [0.1, 0.15) is 23.7 Å². The third-order valence-electron chi connectivity index (χ3n) is 2.74. The molecule has 19 heavy (non-hydrogen) atoms. The van der Waals surface area contributed by atoms with Crippen molar-refractivity contribution in [3.8, 4) is 0 Å². The first kappa shape index (κ1) is 18.1. The molecule has 0 spiro atoms. The Morgan fingerprint density at radius 1 is 1.32 bits per heavy atom. The highest BCUT2D eigenvalue weighted by molar-refractivity contribution is 7.52. The van der Waals surface area contributed by atoms with E-state index in [2.05, 4.69) is 0 Å². The summed E-state index contributed by atoms with van der Waals surface area (Å²) >= 11 is 0. The molecule has 108 valence electrons. The summed E-state index contributed by atoms with van der Waals surface area (Å²) in [6.45, 7) is 1.44. The molecule has 0 fully saturated rings. The second kappa shape index (κ2) is 7.03. The van der Waals surface area contributed by atoms with Crippen LogP contribution in [0.2, 0.25) is 0 Å². The fraction of sp³-hybridized carbons (Fsp3) is 0.364. The molecule has 0 aliphatic rings. The number of hydrogen-bond acceptors (Lipinski definition) is 3. The van der Waals surface area contributed by atoms with Crippen LogP contribution < -0.4 is 5.73 Å². The van der Waals surface area contributed by atoms with Crippen molar-refractivity contribution in [2.75, 3.05) is 0 Å². The average molecular weight is 310 g/mol. The summed E-state index contributed by atoms with van der Waals surface area (Å²) in [6, 6.07) is 5.44. The lowest BCUT2D eigenvalue weighted by Crippen LogP contribution is -2.32. The number of carboxylic acid groups (broad SMARTS) is 1. The lowest BCUT2D eigenvalue weighted by molar-refractivity contribution is -0.138. The maximum atomic E-state index is 11.1. The van der Waals surface area contributed by atoms with Gasteiger partial charge >= 0.3 is 13.6 Å². The summed E-state index contributed by atoms with van der Waals surface area (Å²) < 4.78 is 11.1. The van der Waals surface area contributed by atoms with Crippen molar-refractivity contribution < 1.29 is 24.3 Å². The van der Waals surface area contributed by atoms with E-state index < -0.39 is 25.3 Å². The lowest BCUT2D eigenvalue weighted by atomic mass is 10.0. The first-order valence-corrected chi connectivity index (χ1v) is 7.02. The monoisotopic (exact) mass is 309 g/mol. The minimum Gasteiger partial charge on any atom is -0.480 e. The second-order valence-corrected chi connectivity index (χ2v) is 6.11. The van der Waals surface area contributed by atoms with Gasteiger partial charge in [0.2, 0.25) is 0 Å². The molecule has 0 aliphatic carbocycles. The molecule has 8 heteroatoms. The third kappa shape index (κ3) is 5.30. The van der Waals surface area contributed by atoms with Gasteiger partial charge < -0.3 is 20.6 Å². The third-order valence-corrected chi connectivity index (χ3v) is 4.05. The fourth-order valence-corrected chi connectivity index (χ4v) is 2.03. The Morgan fingerprint density at radius 3 is 2.16 bits per heavy atom. The molecule has 0 heterocycles. The Kier molecular flexibility index (Phi) is 6.69. The van der Waals surface area contributed by atoms with E-state index in [4.69, 9.17) is 20.6 Å². The predicted molar refractivity (Wildman–Crippen MR) is 73.5 cm³/mol. The molecule has 0 saturated carbocycles. The summed E-state index contributed by atoms with van der Waals surface area (Å²) in [7, 11) is -4.16. The van der Waals surface area contributed by atoms with Crippen molar-refractivity contribution in [3.63, 3.8) is 0 Å². The zero-order chi connectivity index (χ0) is 13.9. The smallest absolute Gasteiger partial charge is 0.332 e. The van der Waals surface area contributed by atoms with Crippen molar-refractivity contribution in [2.24, 2.45) is 5.73 Å². The molecule has 1 rings (SSSR count). The highest BCUT2D eigenvalue weighted by Crippen LogP contribution is 2.51. The van der Waals surface area contributed by atoms with E-state index in [0.717, 1.165) is 0 Å². The number of nitrogens with two attached hydrogens (primary N) is 1. The van der Waals surface area contributed by atoms with Crippen LogP contribution in [0.25, 0.3) is 0 Å². The van der Waals surface area contributed by atoms with E-state index >= 15 is 0 Å². The molecule has 1 aromatic rings. The Labute approximate surface area is 117 Å². The van der Waals surface area contributed by atoms with Crippen molar-refractivity contribution in [1.29, 1.82) is 0 Å². The van der Waals surface area contributed by atoms with Gasteiger partial charge in [0.1, 0.15) is 6.04 Å². The first-order valence-electron chi connectivity index (χ1n) is 5.34. The zero-order valence-corrected chi connectivity index (χ0v) is 12.0. The Balaban J connectivity index is 0.00000324. The van der Waals surface area contributed by atoms with Crippen LogP contribution in [-0.4, -0.2) is 26.9 Å². The Morgan fingerprint density at radius 2 is 1.79 bits per heavy atom. The maximum absolute atomic E-state index is 11.1. The van der Waals surface area contributed by atoms with Crippen LogP contribution >= 0.6 is 20.0 Å². The van der Waals surface area contributed by atoms with Crippen LogP contribution in [0.4, 0.5) is 0 Å². The van der Waals surface area contributed by atoms with Gasteiger partial charge in [0.25, 0.3) is 0 Å². The predicted octanol–water partition coefficient (Wildman–Crippen LogP) is 1.30. The van der Waals surface area contributed by atoms with Crippen LogP contribution in [0, 0.1) is 0 Å². The van der Waals surface area contributed by atoms with Crippen LogP contribution in [0.5, 0.6) is 0 Å². The summed E-state index contributed by atoms with van der Waals surface area (Å²) in [5.74, 6) is -1.08. The Hall–Kier alpha value is -0.910. The van der Waals surface area contributed by atoms with Gasteiger partial charge in [0.05, 0.1) is 5.66 Å². The number of carbonyl (C=O) groups is 1. The SMILES string of the molecule is CC(c1ccc(CC(N)C(=O)O)cc1)P(=O)(O)O.Cl. The fourth-order valence-electron chi connectivity index (χ4n) is 1.47. The molecule has 6 nitrogen and oxygen atoms in total. The maximum Gasteiger partial charge on any atom is 0.332 e. The first-order chi connectivity index (χ1) is 8.21. The van der Waals surface area contributed by atoms with Gasteiger partial charge in [-0.3, -0.25) is 9.36 Å². The van der Waals surface area contributed by atoms with Crippen LogP contribution in [0.3, 0.4) is 0 Å². The molecule has 5 N–H and O–H groups in total. The van der Waals surface area contributed by atoms with E-state index in [0.29, 0.717) is 11.1 Å². The van der Waals surface area contributed by atoms with Crippen molar-refractivity contribution in [1.82, 2.24) is 0 Å². The van der Waals surface area contributed by atoms with Crippen molar-refractivity contribution >= 4 is 26.0 Å². The van der Waals surface area contributed by atoms with Gasteiger partial charge in [-0.1, -0.05) is 24.3 Å². The standard InChI is InChI=1S/C11H16NO5P.ClH/c1-7(18(15,16)17)9-4-2-8(3-5-9)6-10(12)11(13)14;/h2-5,7,10H,6,12H2,1H3,(H,13,14)(H2,15,16,17);1H. The number of aliphatic carboxylic acids is 1. The lowest BCUT2D eigenvalue weighted by Gasteiger charge is -2.14. The average Bonchev–Trinajstić information content (AvgIpc) is 2.27. The van der Waals surface area contributed by atoms with Crippen molar-refractivity contribution in [2.45, 2.75) is 25.0 Å². The number of rotatable bonds is 5. The molecule has 2 unspecified atom stereocenters. The molecule has 0 aromatic heterocycles. The van der Waals surface area contributed by atoms with Crippen LogP contribution in [0.15, 0.2) is 24.3 Å². The molecular weight excluding hydrogens is 293 g/mol. The normalized spacial score (nSPS) is 14.3. The van der Waals surface area contributed by atoms with Gasteiger partial charge in [-0.2, -0.15) is 0 Å². The molecule has 0 bridgehead atoms. The summed E-state index contributed by atoms with van der Waals surface area (Å²) in [5.41, 5.74) is 5.74. The van der Waals surface area contributed by atoms with Gasteiger partial charge in [0.15, 0.2) is 0 Å². The van der Waals surface area contributed by atoms with E-state index in [1.807, 2.05) is 0 Å². The van der Waals surface area contributed by atoms with Crippen molar-refractivity contribution in [3.05, 3.63) is 35.4 Å². The van der Waals surface area contributed by atoms with Crippen LogP contribution in [-0.2, 0) is 15.8 Å². The number of hydrogen-bond donors (Lipinski definition) is 4. The molecular formula is C11H17ClNO5P. The molecule has 0 aliphatic heterocycles.